The third-order valence-corrected chi connectivity index (χ3v) is 2.61. The molecule has 1 amide bonds. The van der Waals surface area contributed by atoms with Crippen molar-refractivity contribution < 1.29 is 19.0 Å². The molecule has 1 heterocycles. The van der Waals surface area contributed by atoms with Gasteiger partial charge in [-0.1, -0.05) is 0 Å². The number of carbonyl (C=O) groups excluding carboxylic acids is 1. The number of hydrazine groups is 1. The van der Waals surface area contributed by atoms with Crippen molar-refractivity contribution in [2.45, 2.75) is 0 Å². The van der Waals surface area contributed by atoms with Crippen molar-refractivity contribution in [1.82, 2.24) is 10.4 Å². The van der Waals surface area contributed by atoms with Gasteiger partial charge in [-0.3, -0.25) is 10.2 Å². The molecule has 6 nitrogen and oxygen atoms in total. The minimum Gasteiger partial charge on any atom is -0.493 e. The van der Waals surface area contributed by atoms with Crippen LogP contribution in [0.15, 0.2) is 18.2 Å². The number of methoxy groups -OCH3 is 1. The standard InChI is InChI=1S/C14H18N2O4/c1-16(2)15-13(17)5-4-10-8-11(18-3)14-12(9-10)19-6-7-20-14/h4-5,8-9H,6-7H2,1-3H3,(H,15,17)/b5-4+. The van der Waals surface area contributed by atoms with Crippen LogP contribution in [0.25, 0.3) is 6.08 Å². The molecule has 6 heteroatoms. The minimum absolute atomic E-state index is 0.205. The number of rotatable bonds is 4. The normalized spacial score (nSPS) is 13.6. The molecule has 0 fully saturated rings. The van der Waals surface area contributed by atoms with Crippen LogP contribution in [0.1, 0.15) is 5.56 Å². The second kappa shape index (κ2) is 6.29. The van der Waals surface area contributed by atoms with Crippen LogP contribution in [-0.4, -0.2) is 45.3 Å². The van der Waals surface area contributed by atoms with Gasteiger partial charge in [-0.15, -0.1) is 0 Å². The average molecular weight is 278 g/mol. The van der Waals surface area contributed by atoms with Gasteiger partial charge in [-0.25, -0.2) is 5.01 Å². The van der Waals surface area contributed by atoms with E-state index in [2.05, 4.69) is 5.43 Å². The number of benzene rings is 1. The van der Waals surface area contributed by atoms with Gasteiger partial charge in [-0.05, 0) is 23.8 Å². The number of hydrogen-bond donors (Lipinski definition) is 1. The molecular weight excluding hydrogens is 260 g/mol. The van der Waals surface area contributed by atoms with Gasteiger partial charge in [0, 0.05) is 20.2 Å². The number of amides is 1. The van der Waals surface area contributed by atoms with Crippen LogP contribution >= 0.6 is 0 Å². The molecule has 1 aromatic carbocycles. The maximum Gasteiger partial charge on any atom is 0.258 e. The fourth-order valence-corrected chi connectivity index (χ4v) is 1.82. The van der Waals surface area contributed by atoms with Crippen molar-refractivity contribution in [3.05, 3.63) is 23.8 Å². The molecule has 2 rings (SSSR count). The number of ether oxygens (including phenoxy) is 3. The summed E-state index contributed by atoms with van der Waals surface area (Å²) in [6.45, 7) is 1.01. The van der Waals surface area contributed by atoms with Crippen LogP contribution in [-0.2, 0) is 4.79 Å². The van der Waals surface area contributed by atoms with Crippen molar-refractivity contribution in [2.24, 2.45) is 0 Å². The van der Waals surface area contributed by atoms with Crippen LogP contribution < -0.4 is 19.6 Å². The van der Waals surface area contributed by atoms with Crippen LogP contribution in [0, 0.1) is 0 Å². The van der Waals surface area contributed by atoms with E-state index in [1.165, 1.54) is 6.08 Å². The summed E-state index contributed by atoms with van der Waals surface area (Å²) in [5.41, 5.74) is 3.43. The van der Waals surface area contributed by atoms with Crippen LogP contribution in [0.5, 0.6) is 17.2 Å². The fraction of sp³-hybridized carbons (Fsp3) is 0.357. The SMILES string of the molecule is COc1cc(/C=C/C(=O)NN(C)C)cc2c1OCCO2. The van der Waals surface area contributed by atoms with Gasteiger partial charge in [0.05, 0.1) is 7.11 Å². The molecule has 0 bridgehead atoms. The zero-order chi connectivity index (χ0) is 14.5. The van der Waals surface area contributed by atoms with Crippen LogP contribution in [0.3, 0.4) is 0 Å². The Morgan fingerprint density at radius 2 is 2.10 bits per heavy atom. The molecule has 0 spiro atoms. The third kappa shape index (κ3) is 3.42. The number of nitrogens with one attached hydrogen (secondary N) is 1. The van der Waals surface area contributed by atoms with Gasteiger partial charge < -0.3 is 14.2 Å². The maximum atomic E-state index is 11.5. The summed E-state index contributed by atoms with van der Waals surface area (Å²) in [5.74, 6) is 1.62. The Bertz CT molecular complexity index is 509. The first-order valence-electron chi connectivity index (χ1n) is 6.24. The summed E-state index contributed by atoms with van der Waals surface area (Å²) in [7, 11) is 5.07. The lowest BCUT2D eigenvalue weighted by Crippen LogP contribution is -2.34. The molecule has 1 aliphatic rings. The van der Waals surface area contributed by atoms with E-state index in [0.29, 0.717) is 30.5 Å². The summed E-state index contributed by atoms with van der Waals surface area (Å²) >= 11 is 0. The number of hydrogen-bond acceptors (Lipinski definition) is 5. The maximum absolute atomic E-state index is 11.5. The van der Waals surface area contributed by atoms with Crippen molar-refractivity contribution in [3.8, 4) is 17.2 Å². The highest BCUT2D eigenvalue weighted by Crippen LogP contribution is 2.40. The highest BCUT2D eigenvalue weighted by atomic mass is 16.6. The average Bonchev–Trinajstić information content (AvgIpc) is 2.43. The van der Waals surface area contributed by atoms with E-state index in [-0.39, 0.29) is 5.91 Å². The Morgan fingerprint density at radius 3 is 2.80 bits per heavy atom. The Balaban J connectivity index is 2.20. The zero-order valence-corrected chi connectivity index (χ0v) is 11.8. The lowest BCUT2D eigenvalue weighted by atomic mass is 10.1. The monoisotopic (exact) mass is 278 g/mol. The summed E-state index contributed by atoms with van der Waals surface area (Å²) in [6, 6.07) is 3.61. The molecule has 0 aromatic heterocycles. The molecule has 20 heavy (non-hydrogen) atoms. The van der Waals surface area contributed by atoms with Gasteiger partial charge in [-0.2, -0.15) is 0 Å². The van der Waals surface area contributed by atoms with E-state index in [1.54, 1.807) is 38.4 Å². The Kier molecular flexibility index (Phi) is 4.47. The minimum atomic E-state index is -0.205. The van der Waals surface area contributed by atoms with Crippen molar-refractivity contribution in [2.75, 3.05) is 34.4 Å². The topological polar surface area (TPSA) is 60.0 Å². The van der Waals surface area contributed by atoms with Gasteiger partial charge in [0.1, 0.15) is 13.2 Å². The Hall–Kier alpha value is -2.21. The summed E-state index contributed by atoms with van der Waals surface area (Å²) in [5, 5.41) is 1.58. The lowest BCUT2D eigenvalue weighted by molar-refractivity contribution is -0.119. The van der Waals surface area contributed by atoms with E-state index < -0.39 is 0 Å². The molecule has 1 aromatic rings. The predicted octanol–water partition coefficient (Wildman–Crippen LogP) is 1.07. The predicted molar refractivity (Wildman–Crippen MR) is 74.8 cm³/mol. The molecule has 108 valence electrons. The molecule has 0 atom stereocenters. The van der Waals surface area contributed by atoms with Crippen molar-refractivity contribution >= 4 is 12.0 Å². The summed E-state index contributed by atoms with van der Waals surface area (Å²) < 4.78 is 16.3. The van der Waals surface area contributed by atoms with Crippen LogP contribution in [0.4, 0.5) is 0 Å². The quantitative estimate of drug-likeness (QED) is 0.659. The molecule has 0 saturated carbocycles. The van der Waals surface area contributed by atoms with E-state index in [4.69, 9.17) is 14.2 Å². The first-order chi connectivity index (χ1) is 9.60. The van der Waals surface area contributed by atoms with E-state index in [9.17, 15) is 4.79 Å². The molecule has 0 unspecified atom stereocenters. The summed E-state index contributed by atoms with van der Waals surface area (Å²) in [6.07, 6.45) is 3.14. The van der Waals surface area contributed by atoms with Crippen molar-refractivity contribution in [3.63, 3.8) is 0 Å². The van der Waals surface area contributed by atoms with Gasteiger partial charge in [0.2, 0.25) is 5.75 Å². The summed E-state index contributed by atoms with van der Waals surface area (Å²) in [4.78, 5) is 11.5. The van der Waals surface area contributed by atoms with E-state index >= 15 is 0 Å². The molecule has 0 radical (unpaired) electrons. The molecule has 0 saturated heterocycles. The number of fused-ring (bicyclic) bond motifs is 1. The second-order valence-corrected chi connectivity index (χ2v) is 4.45. The highest BCUT2D eigenvalue weighted by molar-refractivity contribution is 5.91. The zero-order valence-electron chi connectivity index (χ0n) is 11.8. The highest BCUT2D eigenvalue weighted by Gasteiger charge is 2.17. The molecule has 1 N–H and O–H groups in total. The Morgan fingerprint density at radius 1 is 1.35 bits per heavy atom. The first-order valence-corrected chi connectivity index (χ1v) is 6.24. The van der Waals surface area contributed by atoms with Crippen molar-refractivity contribution in [1.29, 1.82) is 0 Å². The largest absolute Gasteiger partial charge is 0.493 e. The lowest BCUT2D eigenvalue weighted by Gasteiger charge is -2.20. The van der Waals surface area contributed by atoms with E-state index in [1.807, 2.05) is 6.07 Å². The molecular formula is C14H18N2O4. The third-order valence-electron chi connectivity index (χ3n) is 2.61. The van der Waals surface area contributed by atoms with Gasteiger partial charge >= 0.3 is 0 Å². The molecule has 0 aliphatic carbocycles. The Labute approximate surface area is 117 Å². The number of carbonyl (C=O) groups is 1. The second-order valence-electron chi connectivity index (χ2n) is 4.45. The van der Waals surface area contributed by atoms with Gasteiger partial charge in [0.15, 0.2) is 11.5 Å². The van der Waals surface area contributed by atoms with Crippen LogP contribution in [0.2, 0.25) is 0 Å². The van der Waals surface area contributed by atoms with E-state index in [0.717, 1.165) is 5.56 Å². The molecule has 1 aliphatic heterocycles. The smallest absolute Gasteiger partial charge is 0.258 e. The fourth-order valence-electron chi connectivity index (χ4n) is 1.82. The first kappa shape index (κ1) is 14.2. The van der Waals surface area contributed by atoms with Gasteiger partial charge in [0.25, 0.3) is 5.91 Å². The number of nitrogens with zero attached hydrogens (tertiary/aromatic N) is 1.